The highest BCUT2D eigenvalue weighted by molar-refractivity contribution is 5.94. The Hall–Kier alpha value is -5.27. The van der Waals surface area contributed by atoms with Crippen molar-refractivity contribution < 1.29 is 41.5 Å². The number of piperazine rings is 1. The average molecular weight is 720 g/mol. The minimum absolute atomic E-state index is 0.0999. The topological polar surface area (TPSA) is 128 Å². The van der Waals surface area contributed by atoms with Gasteiger partial charge in [0, 0.05) is 68.2 Å². The molecule has 2 N–H and O–H groups in total. The van der Waals surface area contributed by atoms with Gasteiger partial charge in [-0.15, -0.1) is 0 Å². The zero-order valence-corrected chi connectivity index (χ0v) is 28.9. The van der Waals surface area contributed by atoms with E-state index in [4.69, 9.17) is 9.15 Å². The number of rotatable bonds is 8. The Bertz CT molecular complexity index is 2000. The van der Waals surface area contributed by atoms with Gasteiger partial charge in [0.2, 0.25) is 17.7 Å². The van der Waals surface area contributed by atoms with Crippen molar-refractivity contribution in [2.45, 2.75) is 50.9 Å². The SMILES string of the molecule is CC[C@]12c3[nH]c4ccc(OC)cc4c3CCN1C(=O)C(CC(=O)NCc1cccc(C(F)(F)F)c1)C[C@@H]2C(=O)N1CCN(C(=O)c2ccco2)CC1. The van der Waals surface area contributed by atoms with Gasteiger partial charge in [-0.1, -0.05) is 19.1 Å². The van der Waals surface area contributed by atoms with Crippen LogP contribution in [0.25, 0.3) is 10.9 Å². The second-order valence-electron chi connectivity index (χ2n) is 13.7. The summed E-state index contributed by atoms with van der Waals surface area (Å²) in [4.78, 5) is 64.2. The van der Waals surface area contributed by atoms with E-state index in [2.05, 4.69) is 10.3 Å². The van der Waals surface area contributed by atoms with E-state index < -0.39 is 35.0 Å². The molecule has 11 nitrogen and oxygen atoms in total. The predicted molar refractivity (Wildman–Crippen MR) is 183 cm³/mol. The molecule has 14 heteroatoms. The summed E-state index contributed by atoms with van der Waals surface area (Å²) in [5.74, 6) is -1.79. The highest BCUT2D eigenvalue weighted by atomic mass is 19.4. The number of carbonyl (C=O) groups excluding carboxylic acids is 4. The summed E-state index contributed by atoms with van der Waals surface area (Å²) in [7, 11) is 1.60. The molecule has 274 valence electrons. The highest BCUT2D eigenvalue weighted by Crippen LogP contribution is 2.52. The smallest absolute Gasteiger partial charge is 0.416 e. The number of ether oxygens (including phenoxy) is 1. The number of nitrogens with one attached hydrogen (secondary N) is 2. The number of benzene rings is 2. The molecule has 2 saturated heterocycles. The second kappa shape index (κ2) is 13.7. The Morgan fingerprint density at radius 2 is 1.79 bits per heavy atom. The number of hydrogen-bond donors (Lipinski definition) is 2. The lowest BCUT2D eigenvalue weighted by atomic mass is 9.65. The first-order chi connectivity index (χ1) is 24.9. The van der Waals surface area contributed by atoms with Crippen molar-refractivity contribution in [1.82, 2.24) is 25.0 Å². The van der Waals surface area contributed by atoms with Gasteiger partial charge in [0.1, 0.15) is 5.75 Å². The largest absolute Gasteiger partial charge is 0.497 e. The quantitative estimate of drug-likeness (QED) is 0.261. The number of methoxy groups -OCH3 is 1. The van der Waals surface area contributed by atoms with Gasteiger partial charge in [-0.3, -0.25) is 19.2 Å². The van der Waals surface area contributed by atoms with E-state index in [1.54, 1.807) is 33.9 Å². The zero-order chi connectivity index (χ0) is 36.8. The lowest BCUT2D eigenvalue weighted by Crippen LogP contribution is -2.66. The average Bonchev–Trinajstić information content (AvgIpc) is 3.83. The molecule has 0 aliphatic carbocycles. The van der Waals surface area contributed by atoms with Crippen molar-refractivity contribution >= 4 is 34.5 Å². The van der Waals surface area contributed by atoms with Crippen LogP contribution in [0.5, 0.6) is 5.75 Å². The number of alkyl halides is 3. The Balaban J connectivity index is 1.17. The summed E-state index contributed by atoms with van der Waals surface area (Å²) in [6.45, 7) is 3.34. The van der Waals surface area contributed by atoms with Crippen molar-refractivity contribution in [2.24, 2.45) is 11.8 Å². The van der Waals surface area contributed by atoms with Crippen LogP contribution >= 0.6 is 0 Å². The summed E-state index contributed by atoms with van der Waals surface area (Å²) in [6, 6.07) is 13.7. The summed E-state index contributed by atoms with van der Waals surface area (Å²) in [5.41, 5.74) is 1.12. The molecule has 1 unspecified atom stereocenters. The fourth-order valence-corrected chi connectivity index (χ4v) is 8.36. The lowest BCUT2D eigenvalue weighted by Gasteiger charge is -2.56. The van der Waals surface area contributed by atoms with Gasteiger partial charge in [0.15, 0.2) is 5.76 Å². The molecule has 0 bridgehead atoms. The molecule has 52 heavy (non-hydrogen) atoms. The van der Waals surface area contributed by atoms with E-state index in [-0.39, 0.29) is 61.5 Å². The highest BCUT2D eigenvalue weighted by Gasteiger charge is 2.59. The zero-order valence-electron chi connectivity index (χ0n) is 28.9. The molecule has 0 radical (unpaired) electrons. The molecule has 5 heterocycles. The van der Waals surface area contributed by atoms with Crippen LogP contribution in [-0.2, 0) is 39.1 Å². The normalized spacial score (nSPS) is 21.9. The summed E-state index contributed by atoms with van der Waals surface area (Å²) in [6.07, 6.45) is -2.25. The van der Waals surface area contributed by atoms with E-state index in [1.807, 2.05) is 25.1 Å². The lowest BCUT2D eigenvalue weighted by molar-refractivity contribution is -0.167. The molecule has 3 atom stereocenters. The number of carbonyl (C=O) groups is 4. The molecular formula is C38H40F3N5O6. The van der Waals surface area contributed by atoms with Gasteiger partial charge in [-0.05, 0) is 72.9 Å². The minimum atomic E-state index is -4.52. The molecule has 0 spiro atoms. The number of halogens is 3. The maximum Gasteiger partial charge on any atom is 0.416 e. The Morgan fingerprint density at radius 1 is 1.02 bits per heavy atom. The Kier molecular flexibility index (Phi) is 9.26. The molecular weight excluding hydrogens is 679 g/mol. The number of hydrogen-bond acceptors (Lipinski definition) is 6. The van der Waals surface area contributed by atoms with Crippen molar-refractivity contribution in [3.8, 4) is 5.75 Å². The Labute approximate surface area is 298 Å². The summed E-state index contributed by atoms with van der Waals surface area (Å²) in [5, 5.41) is 3.64. The predicted octanol–water partition coefficient (Wildman–Crippen LogP) is 5.11. The Morgan fingerprint density at radius 3 is 2.48 bits per heavy atom. The number of aromatic nitrogens is 1. The van der Waals surface area contributed by atoms with Gasteiger partial charge >= 0.3 is 6.18 Å². The monoisotopic (exact) mass is 719 g/mol. The molecule has 3 aliphatic heterocycles. The third kappa shape index (κ3) is 6.17. The van der Waals surface area contributed by atoms with Gasteiger partial charge in [-0.2, -0.15) is 13.2 Å². The number of piperidine rings is 1. The molecule has 7 rings (SSSR count). The number of furan rings is 1. The fraction of sp³-hybridized carbons (Fsp3) is 0.421. The van der Waals surface area contributed by atoms with Crippen molar-refractivity contribution in [1.29, 1.82) is 0 Å². The van der Waals surface area contributed by atoms with Gasteiger partial charge in [0.05, 0.1) is 30.4 Å². The van der Waals surface area contributed by atoms with Gasteiger partial charge < -0.3 is 34.2 Å². The van der Waals surface area contributed by atoms with Gasteiger partial charge in [-0.25, -0.2) is 0 Å². The number of nitrogens with zero attached hydrogens (tertiary/aromatic N) is 3. The summed E-state index contributed by atoms with van der Waals surface area (Å²) >= 11 is 0. The molecule has 2 aromatic carbocycles. The minimum Gasteiger partial charge on any atom is -0.497 e. The third-order valence-electron chi connectivity index (χ3n) is 10.9. The van der Waals surface area contributed by atoms with Crippen LogP contribution in [0, 0.1) is 11.8 Å². The maximum absolute atomic E-state index is 14.8. The van der Waals surface area contributed by atoms with Crippen molar-refractivity contribution in [3.63, 3.8) is 0 Å². The summed E-state index contributed by atoms with van der Waals surface area (Å²) < 4.78 is 50.6. The first-order valence-electron chi connectivity index (χ1n) is 17.5. The van der Waals surface area contributed by atoms with Crippen LogP contribution in [-0.4, -0.2) is 83.1 Å². The number of aromatic amines is 1. The van der Waals surface area contributed by atoms with Crippen LogP contribution in [0.2, 0.25) is 0 Å². The van der Waals surface area contributed by atoms with Crippen LogP contribution in [0.1, 0.15) is 59.1 Å². The van der Waals surface area contributed by atoms with E-state index in [1.165, 1.54) is 18.4 Å². The molecule has 4 amide bonds. The maximum atomic E-state index is 14.8. The van der Waals surface area contributed by atoms with Crippen LogP contribution < -0.4 is 10.1 Å². The molecule has 2 aromatic heterocycles. The van der Waals surface area contributed by atoms with Crippen LogP contribution in [0.3, 0.4) is 0 Å². The molecule has 2 fully saturated rings. The number of fused-ring (bicyclic) bond motifs is 5. The number of amides is 4. The molecule has 0 saturated carbocycles. The van der Waals surface area contributed by atoms with Crippen LogP contribution in [0.15, 0.2) is 65.3 Å². The van der Waals surface area contributed by atoms with Crippen molar-refractivity contribution in [2.75, 3.05) is 39.8 Å². The number of H-pyrrole nitrogens is 1. The van der Waals surface area contributed by atoms with E-state index in [9.17, 15) is 32.3 Å². The molecule has 4 aromatic rings. The molecule has 3 aliphatic rings. The first kappa shape index (κ1) is 35.1. The van der Waals surface area contributed by atoms with Crippen LogP contribution in [0.4, 0.5) is 13.2 Å². The standard InChI is InChI=1S/C38H40F3N5O6/c1-3-37-29(35(49)44-13-15-45(16-14-44)36(50)31-8-5-17-52-31)19-24(20-32(47)42-22-23-6-4-7-25(18-23)38(39,40)41)34(48)46(37)12-11-27-28-21-26(51-2)9-10-30(28)43-33(27)37/h4-10,17-18,21,24,29,43H,3,11-16,19-20,22H2,1-2H3,(H,42,47)/t24?,29-,37+/m1/s1. The van der Waals surface area contributed by atoms with Gasteiger partial charge in [0.25, 0.3) is 5.91 Å². The van der Waals surface area contributed by atoms with E-state index >= 15 is 0 Å². The first-order valence-corrected chi connectivity index (χ1v) is 17.5. The third-order valence-corrected chi connectivity index (χ3v) is 10.9. The van der Waals surface area contributed by atoms with E-state index in [0.29, 0.717) is 38.2 Å². The fourth-order valence-electron chi connectivity index (χ4n) is 8.36. The van der Waals surface area contributed by atoms with E-state index in [0.717, 1.165) is 34.3 Å². The second-order valence-corrected chi connectivity index (χ2v) is 13.7. The van der Waals surface area contributed by atoms with Crippen molar-refractivity contribution in [3.05, 3.63) is 89.0 Å².